The molecule has 4 heteroatoms. The lowest BCUT2D eigenvalue weighted by atomic mass is 9.69. The van der Waals surface area contributed by atoms with E-state index >= 15 is 0 Å². The van der Waals surface area contributed by atoms with Crippen LogP contribution in [0.5, 0.6) is 11.5 Å². The molecule has 0 unspecified atom stereocenters. The zero-order valence-corrected chi connectivity index (χ0v) is 13.4. The van der Waals surface area contributed by atoms with E-state index in [1.54, 1.807) is 0 Å². The Morgan fingerprint density at radius 1 is 1.05 bits per heavy atom. The summed E-state index contributed by atoms with van der Waals surface area (Å²) in [5.41, 5.74) is 7.56. The number of nitrogens with two attached hydrogens (primary N) is 1. The van der Waals surface area contributed by atoms with Gasteiger partial charge in [0, 0.05) is 18.4 Å². The molecule has 3 rings (SSSR count). The van der Waals surface area contributed by atoms with Crippen LogP contribution in [0.2, 0.25) is 0 Å². The second-order valence-corrected chi connectivity index (χ2v) is 6.74. The minimum Gasteiger partial charge on any atom is -0.490 e. The fraction of sp³-hybridized carbons (Fsp3) is 0.625. The highest BCUT2D eigenvalue weighted by Gasteiger charge is 2.34. The topological polar surface area (TPSA) is 44.5 Å². The van der Waals surface area contributed by atoms with Gasteiger partial charge in [-0.25, -0.2) is 0 Å². The molecule has 0 radical (unpaired) electrons. The molecule has 1 aromatic carbocycles. The SMILES string of the molecule is NCC1(c2cc(Br)c3c(c2)OCCCO3)CCCCC1. The van der Waals surface area contributed by atoms with Crippen molar-refractivity contribution in [1.29, 1.82) is 0 Å². The monoisotopic (exact) mass is 339 g/mol. The highest BCUT2D eigenvalue weighted by molar-refractivity contribution is 9.10. The first-order valence-electron chi connectivity index (χ1n) is 7.55. The second-order valence-electron chi connectivity index (χ2n) is 5.88. The third-order valence-corrected chi connectivity index (χ3v) is 5.20. The van der Waals surface area contributed by atoms with Crippen molar-refractivity contribution in [1.82, 2.24) is 0 Å². The van der Waals surface area contributed by atoms with Crippen LogP contribution < -0.4 is 15.2 Å². The van der Waals surface area contributed by atoms with Crippen LogP contribution in [0.4, 0.5) is 0 Å². The Labute approximate surface area is 129 Å². The number of rotatable bonds is 2. The second kappa shape index (κ2) is 5.94. The van der Waals surface area contributed by atoms with Gasteiger partial charge < -0.3 is 15.2 Å². The van der Waals surface area contributed by atoms with E-state index < -0.39 is 0 Å². The summed E-state index contributed by atoms with van der Waals surface area (Å²) >= 11 is 3.64. The van der Waals surface area contributed by atoms with Gasteiger partial charge in [0.2, 0.25) is 0 Å². The molecule has 2 aliphatic rings. The molecule has 1 fully saturated rings. The van der Waals surface area contributed by atoms with Crippen LogP contribution in [0, 0.1) is 0 Å². The molecular formula is C16H22BrNO2. The Balaban J connectivity index is 2.01. The lowest BCUT2D eigenvalue weighted by Crippen LogP contribution is -2.37. The molecule has 20 heavy (non-hydrogen) atoms. The van der Waals surface area contributed by atoms with Gasteiger partial charge in [-0.05, 0) is 46.5 Å². The predicted molar refractivity (Wildman–Crippen MR) is 83.6 cm³/mol. The molecule has 1 heterocycles. The number of halogens is 1. The van der Waals surface area contributed by atoms with E-state index in [1.165, 1.54) is 37.7 Å². The largest absolute Gasteiger partial charge is 0.490 e. The van der Waals surface area contributed by atoms with Crippen LogP contribution in [0.1, 0.15) is 44.1 Å². The van der Waals surface area contributed by atoms with Crippen LogP contribution in [-0.2, 0) is 5.41 Å². The first kappa shape index (κ1) is 14.2. The van der Waals surface area contributed by atoms with Crippen LogP contribution in [0.25, 0.3) is 0 Å². The van der Waals surface area contributed by atoms with Gasteiger partial charge in [0.05, 0.1) is 17.7 Å². The van der Waals surface area contributed by atoms with Crippen molar-refractivity contribution in [2.45, 2.75) is 43.9 Å². The summed E-state index contributed by atoms with van der Waals surface area (Å²) in [6.45, 7) is 2.14. The van der Waals surface area contributed by atoms with Crippen LogP contribution in [0.15, 0.2) is 16.6 Å². The minimum absolute atomic E-state index is 0.117. The van der Waals surface area contributed by atoms with Crippen molar-refractivity contribution in [3.05, 3.63) is 22.2 Å². The quantitative estimate of drug-likeness (QED) is 0.891. The molecule has 0 amide bonds. The highest BCUT2D eigenvalue weighted by atomic mass is 79.9. The predicted octanol–water partition coefficient (Wildman–Crippen LogP) is 3.77. The van der Waals surface area contributed by atoms with Crippen molar-refractivity contribution in [3.63, 3.8) is 0 Å². The molecule has 0 atom stereocenters. The molecule has 110 valence electrons. The molecule has 1 saturated carbocycles. The average molecular weight is 340 g/mol. The zero-order chi connectivity index (χ0) is 14.0. The number of fused-ring (bicyclic) bond motifs is 1. The maximum atomic E-state index is 6.14. The third kappa shape index (κ3) is 2.56. The van der Waals surface area contributed by atoms with E-state index in [-0.39, 0.29) is 5.41 Å². The molecule has 0 saturated heterocycles. The Morgan fingerprint density at radius 2 is 1.80 bits per heavy atom. The number of benzene rings is 1. The fourth-order valence-corrected chi connectivity index (χ4v) is 3.93. The molecule has 0 aromatic heterocycles. The summed E-state index contributed by atoms with van der Waals surface area (Å²) in [5.74, 6) is 1.71. The van der Waals surface area contributed by atoms with Crippen molar-refractivity contribution in [2.75, 3.05) is 19.8 Å². The van der Waals surface area contributed by atoms with Crippen LogP contribution in [0.3, 0.4) is 0 Å². The van der Waals surface area contributed by atoms with Gasteiger partial charge in [0.25, 0.3) is 0 Å². The summed E-state index contributed by atoms with van der Waals surface area (Å²) < 4.78 is 12.6. The molecule has 0 spiro atoms. The maximum absolute atomic E-state index is 6.14. The Morgan fingerprint density at radius 3 is 2.55 bits per heavy atom. The third-order valence-electron chi connectivity index (χ3n) is 4.62. The molecular weight excluding hydrogens is 318 g/mol. The molecule has 1 aliphatic heterocycles. The average Bonchev–Trinajstić information content (AvgIpc) is 2.73. The Bertz CT molecular complexity index is 484. The zero-order valence-electron chi connectivity index (χ0n) is 11.8. The summed E-state index contributed by atoms with van der Waals surface area (Å²) in [7, 11) is 0. The lowest BCUT2D eigenvalue weighted by Gasteiger charge is -2.37. The van der Waals surface area contributed by atoms with Crippen LogP contribution in [-0.4, -0.2) is 19.8 Å². The van der Waals surface area contributed by atoms with Crippen LogP contribution >= 0.6 is 15.9 Å². The lowest BCUT2D eigenvalue weighted by molar-refractivity contribution is 0.293. The highest BCUT2D eigenvalue weighted by Crippen LogP contribution is 2.45. The van der Waals surface area contributed by atoms with Gasteiger partial charge in [-0.3, -0.25) is 0 Å². The normalized spacial score (nSPS) is 21.3. The van der Waals surface area contributed by atoms with Gasteiger partial charge >= 0.3 is 0 Å². The smallest absolute Gasteiger partial charge is 0.175 e. The first-order chi connectivity index (χ1) is 9.75. The Hall–Kier alpha value is -0.740. The molecule has 3 nitrogen and oxygen atoms in total. The molecule has 1 aromatic rings. The van der Waals surface area contributed by atoms with Gasteiger partial charge in [-0.1, -0.05) is 19.3 Å². The fourth-order valence-electron chi connectivity index (χ4n) is 3.38. The van der Waals surface area contributed by atoms with Gasteiger partial charge in [0.1, 0.15) is 0 Å². The maximum Gasteiger partial charge on any atom is 0.175 e. The number of ether oxygens (including phenoxy) is 2. The number of hydrogen-bond acceptors (Lipinski definition) is 3. The summed E-state index contributed by atoms with van der Waals surface area (Å²) in [5, 5.41) is 0. The standard InChI is InChI=1S/C16H22BrNO2/c17-13-9-12(16(11-18)5-2-1-3-6-16)10-14-15(13)20-8-4-7-19-14/h9-10H,1-8,11,18H2. The van der Waals surface area contributed by atoms with E-state index in [4.69, 9.17) is 15.2 Å². The van der Waals surface area contributed by atoms with Gasteiger partial charge in [-0.15, -0.1) is 0 Å². The van der Waals surface area contributed by atoms with Gasteiger partial charge in [-0.2, -0.15) is 0 Å². The van der Waals surface area contributed by atoms with E-state index in [0.717, 1.165) is 29.0 Å². The molecule has 1 aliphatic carbocycles. The van der Waals surface area contributed by atoms with Crippen molar-refractivity contribution in [3.8, 4) is 11.5 Å². The van der Waals surface area contributed by atoms with Crippen molar-refractivity contribution in [2.24, 2.45) is 5.73 Å². The summed E-state index contributed by atoms with van der Waals surface area (Å²) in [6, 6.07) is 4.34. The van der Waals surface area contributed by atoms with Gasteiger partial charge in [0.15, 0.2) is 11.5 Å². The van der Waals surface area contributed by atoms with Crippen molar-refractivity contribution >= 4 is 15.9 Å². The van der Waals surface area contributed by atoms with E-state index in [9.17, 15) is 0 Å². The van der Waals surface area contributed by atoms with E-state index in [0.29, 0.717) is 13.2 Å². The van der Waals surface area contributed by atoms with E-state index in [2.05, 4.69) is 28.1 Å². The Kier molecular flexibility index (Phi) is 4.22. The molecule has 2 N–H and O–H groups in total. The minimum atomic E-state index is 0.117. The summed E-state index contributed by atoms with van der Waals surface area (Å²) in [4.78, 5) is 0. The molecule has 0 bridgehead atoms. The summed E-state index contributed by atoms with van der Waals surface area (Å²) in [6.07, 6.45) is 7.14. The van der Waals surface area contributed by atoms with Crippen molar-refractivity contribution < 1.29 is 9.47 Å². The van der Waals surface area contributed by atoms with E-state index in [1.807, 2.05) is 0 Å². The number of hydrogen-bond donors (Lipinski definition) is 1. The first-order valence-corrected chi connectivity index (χ1v) is 8.34.